The second kappa shape index (κ2) is 9.38. The van der Waals surface area contributed by atoms with E-state index in [4.69, 9.17) is 0 Å². The molecule has 1 saturated carbocycles. The highest BCUT2D eigenvalue weighted by atomic mass is 16.2. The Bertz CT molecular complexity index is 1110. The van der Waals surface area contributed by atoms with Crippen molar-refractivity contribution in [3.05, 3.63) is 81.1 Å². The minimum absolute atomic E-state index is 0.102. The Morgan fingerprint density at radius 1 is 1.06 bits per heavy atom. The average molecular weight is 418 g/mol. The number of carbonyl (C=O) groups is 1. The fraction of sp³-hybridized carbons (Fsp3) is 0.385. The molecule has 2 N–H and O–H groups in total. The molecule has 0 atom stereocenters. The zero-order valence-electron chi connectivity index (χ0n) is 18.4. The summed E-state index contributed by atoms with van der Waals surface area (Å²) >= 11 is 0. The van der Waals surface area contributed by atoms with Crippen LogP contribution in [0.25, 0.3) is 10.9 Å². The lowest BCUT2D eigenvalue weighted by atomic mass is 9.94. The molecule has 0 bridgehead atoms. The average Bonchev–Trinajstić information content (AvgIpc) is 2.80. The number of aromatic nitrogens is 1. The highest BCUT2D eigenvalue weighted by molar-refractivity contribution is 5.83. The molecule has 3 aromatic rings. The Labute approximate surface area is 183 Å². The van der Waals surface area contributed by atoms with Gasteiger partial charge in [0.15, 0.2) is 0 Å². The van der Waals surface area contributed by atoms with Gasteiger partial charge in [0.1, 0.15) is 0 Å². The van der Waals surface area contributed by atoms with Gasteiger partial charge in [0.25, 0.3) is 5.56 Å². The smallest absolute Gasteiger partial charge is 0.318 e. The second-order valence-electron chi connectivity index (χ2n) is 8.66. The van der Waals surface area contributed by atoms with Crippen LogP contribution in [0.1, 0.15) is 54.4 Å². The minimum Gasteiger partial charge on any atom is -0.334 e. The highest BCUT2D eigenvalue weighted by Crippen LogP contribution is 2.25. The molecule has 1 heterocycles. The van der Waals surface area contributed by atoms with Crippen molar-refractivity contribution in [3.8, 4) is 0 Å². The number of amides is 2. The van der Waals surface area contributed by atoms with E-state index in [0.717, 1.165) is 53.3 Å². The summed E-state index contributed by atoms with van der Waals surface area (Å²) in [5.41, 5.74) is 4.71. The van der Waals surface area contributed by atoms with E-state index in [9.17, 15) is 9.59 Å². The number of nitrogens with one attached hydrogen (secondary N) is 2. The first kappa shape index (κ1) is 21.2. The Morgan fingerprint density at radius 3 is 2.55 bits per heavy atom. The van der Waals surface area contributed by atoms with E-state index in [1.165, 1.54) is 6.42 Å². The molecule has 1 fully saturated rings. The normalized spacial score (nSPS) is 14.5. The Kier molecular flexibility index (Phi) is 6.40. The fourth-order valence-electron chi connectivity index (χ4n) is 4.51. The number of aromatic amines is 1. The van der Waals surface area contributed by atoms with Crippen molar-refractivity contribution < 1.29 is 4.79 Å². The number of fused-ring (bicyclic) bond motifs is 1. The SMILES string of the molecule is Cc1ccc2cc(CN(C(=O)NCc3ccccc3)C3CCCCC3)c(=O)[nH]c2c1C. The molecule has 4 rings (SSSR count). The standard InChI is InChI=1S/C26H31N3O2/c1-18-13-14-21-15-22(25(30)28-24(21)19(18)2)17-29(23-11-7-4-8-12-23)26(31)27-16-20-9-5-3-6-10-20/h3,5-6,9-10,13-15,23H,4,7-8,11-12,16-17H2,1-2H3,(H,27,31)(H,28,30). The molecule has 0 spiro atoms. The van der Waals surface area contributed by atoms with Crippen molar-refractivity contribution in [2.24, 2.45) is 0 Å². The summed E-state index contributed by atoms with van der Waals surface area (Å²) < 4.78 is 0. The molecule has 162 valence electrons. The van der Waals surface area contributed by atoms with Gasteiger partial charge in [0.05, 0.1) is 12.1 Å². The first-order valence-corrected chi connectivity index (χ1v) is 11.2. The van der Waals surface area contributed by atoms with Gasteiger partial charge in [-0.15, -0.1) is 0 Å². The van der Waals surface area contributed by atoms with E-state index in [2.05, 4.69) is 16.4 Å². The van der Waals surface area contributed by atoms with Crippen LogP contribution in [0.3, 0.4) is 0 Å². The maximum atomic E-state index is 13.2. The molecule has 1 aliphatic carbocycles. The number of hydrogen-bond acceptors (Lipinski definition) is 2. The molecule has 2 amide bonds. The summed E-state index contributed by atoms with van der Waals surface area (Å²) in [7, 11) is 0. The first-order valence-electron chi connectivity index (χ1n) is 11.2. The number of nitrogens with zero attached hydrogens (tertiary/aromatic N) is 1. The summed E-state index contributed by atoms with van der Waals surface area (Å²) in [6, 6.07) is 16.0. The number of aryl methyl sites for hydroxylation is 2. The van der Waals surface area contributed by atoms with Gasteiger partial charge >= 0.3 is 6.03 Å². The van der Waals surface area contributed by atoms with Gasteiger partial charge in [-0.1, -0.05) is 61.7 Å². The number of hydrogen-bond donors (Lipinski definition) is 2. The van der Waals surface area contributed by atoms with Crippen molar-refractivity contribution in [2.45, 2.75) is 65.1 Å². The number of carbonyl (C=O) groups excluding carboxylic acids is 1. The van der Waals surface area contributed by atoms with E-state index >= 15 is 0 Å². The predicted molar refractivity (Wildman–Crippen MR) is 125 cm³/mol. The third-order valence-corrected chi connectivity index (χ3v) is 6.53. The molecule has 1 aliphatic rings. The van der Waals surface area contributed by atoms with E-state index in [-0.39, 0.29) is 17.6 Å². The molecular weight excluding hydrogens is 386 g/mol. The van der Waals surface area contributed by atoms with Crippen LogP contribution in [0.15, 0.2) is 53.3 Å². The van der Waals surface area contributed by atoms with Crippen LogP contribution in [0.5, 0.6) is 0 Å². The number of rotatable bonds is 5. The minimum atomic E-state index is -0.113. The zero-order chi connectivity index (χ0) is 21.8. The largest absolute Gasteiger partial charge is 0.334 e. The summed E-state index contributed by atoms with van der Waals surface area (Å²) in [6.07, 6.45) is 5.44. The van der Waals surface area contributed by atoms with Crippen molar-refractivity contribution in [2.75, 3.05) is 0 Å². The maximum absolute atomic E-state index is 13.2. The fourth-order valence-corrected chi connectivity index (χ4v) is 4.51. The predicted octanol–water partition coefficient (Wildman–Crippen LogP) is 5.19. The lowest BCUT2D eigenvalue weighted by molar-refractivity contribution is 0.150. The van der Waals surface area contributed by atoms with E-state index in [0.29, 0.717) is 18.7 Å². The second-order valence-corrected chi connectivity index (χ2v) is 8.66. The molecule has 5 heteroatoms. The lowest BCUT2D eigenvalue weighted by Gasteiger charge is -2.34. The lowest BCUT2D eigenvalue weighted by Crippen LogP contribution is -2.47. The van der Waals surface area contributed by atoms with Gasteiger partial charge in [-0.05, 0) is 54.8 Å². The summed E-state index contributed by atoms with van der Waals surface area (Å²) in [5.74, 6) is 0. The zero-order valence-corrected chi connectivity index (χ0v) is 18.4. The van der Waals surface area contributed by atoms with Crippen molar-refractivity contribution >= 4 is 16.9 Å². The van der Waals surface area contributed by atoms with E-state index in [1.807, 2.05) is 61.2 Å². The van der Waals surface area contributed by atoms with Crippen LogP contribution in [0, 0.1) is 13.8 Å². The topological polar surface area (TPSA) is 65.2 Å². The summed E-state index contributed by atoms with van der Waals surface area (Å²) in [4.78, 5) is 31.0. The van der Waals surface area contributed by atoms with Crippen LogP contribution < -0.4 is 10.9 Å². The van der Waals surface area contributed by atoms with Gasteiger partial charge in [0.2, 0.25) is 0 Å². The quantitative estimate of drug-likeness (QED) is 0.600. The van der Waals surface area contributed by atoms with Crippen LogP contribution in [0.2, 0.25) is 0 Å². The summed E-state index contributed by atoms with van der Waals surface area (Å²) in [5, 5.41) is 4.07. The molecule has 5 nitrogen and oxygen atoms in total. The van der Waals surface area contributed by atoms with Gasteiger partial charge in [-0.3, -0.25) is 4.79 Å². The van der Waals surface area contributed by atoms with Crippen LogP contribution in [0.4, 0.5) is 4.79 Å². The summed E-state index contributed by atoms with van der Waals surface area (Å²) in [6.45, 7) is 4.88. The third-order valence-electron chi connectivity index (χ3n) is 6.53. The third kappa shape index (κ3) is 4.82. The molecule has 0 saturated heterocycles. The van der Waals surface area contributed by atoms with Crippen LogP contribution in [-0.4, -0.2) is 22.0 Å². The highest BCUT2D eigenvalue weighted by Gasteiger charge is 2.26. The number of H-pyrrole nitrogens is 1. The molecular formula is C26H31N3O2. The number of pyridine rings is 1. The monoisotopic (exact) mass is 417 g/mol. The molecule has 31 heavy (non-hydrogen) atoms. The Morgan fingerprint density at radius 2 is 1.81 bits per heavy atom. The molecule has 0 aliphatic heterocycles. The Hall–Kier alpha value is -3.08. The molecule has 0 unspecified atom stereocenters. The van der Waals surface area contributed by atoms with E-state index in [1.54, 1.807) is 0 Å². The Balaban J connectivity index is 1.59. The van der Waals surface area contributed by atoms with Crippen molar-refractivity contribution in [1.29, 1.82) is 0 Å². The van der Waals surface area contributed by atoms with Gasteiger partial charge in [0, 0.05) is 18.2 Å². The number of benzene rings is 2. The van der Waals surface area contributed by atoms with Crippen LogP contribution in [-0.2, 0) is 13.1 Å². The maximum Gasteiger partial charge on any atom is 0.318 e. The van der Waals surface area contributed by atoms with Gasteiger partial charge in [-0.25, -0.2) is 4.79 Å². The first-order chi connectivity index (χ1) is 15.0. The molecule has 1 aromatic heterocycles. The van der Waals surface area contributed by atoms with E-state index < -0.39 is 0 Å². The molecule has 0 radical (unpaired) electrons. The molecule has 2 aromatic carbocycles. The van der Waals surface area contributed by atoms with Crippen molar-refractivity contribution in [3.63, 3.8) is 0 Å². The van der Waals surface area contributed by atoms with Gasteiger partial charge in [-0.2, -0.15) is 0 Å². The van der Waals surface area contributed by atoms with Crippen molar-refractivity contribution in [1.82, 2.24) is 15.2 Å². The van der Waals surface area contributed by atoms with Crippen LogP contribution >= 0.6 is 0 Å². The number of urea groups is 1. The van der Waals surface area contributed by atoms with Gasteiger partial charge < -0.3 is 15.2 Å².